The lowest BCUT2D eigenvalue weighted by atomic mass is 9.94. The van der Waals surface area contributed by atoms with E-state index in [2.05, 4.69) is 0 Å². The molecule has 1 aromatic heterocycles. The molecule has 3 heteroatoms. The quantitative estimate of drug-likeness (QED) is 0.919. The highest BCUT2D eigenvalue weighted by molar-refractivity contribution is 5.78. The van der Waals surface area contributed by atoms with Crippen LogP contribution < -0.4 is 5.56 Å². The van der Waals surface area contributed by atoms with Crippen molar-refractivity contribution in [2.45, 2.75) is 25.9 Å². The SMILES string of the molecule is Cn1cc(-c2ccc(C(C)(C)O)cc2)c2c(c1=O)CC=C2. The maximum absolute atomic E-state index is 12.1. The zero-order valence-electron chi connectivity index (χ0n) is 12.6. The third kappa shape index (κ3) is 2.34. The lowest BCUT2D eigenvalue weighted by Crippen LogP contribution is -2.21. The summed E-state index contributed by atoms with van der Waals surface area (Å²) in [5.74, 6) is 0. The molecule has 0 saturated heterocycles. The number of fused-ring (bicyclic) bond motifs is 1. The second kappa shape index (κ2) is 4.71. The third-order valence-corrected chi connectivity index (χ3v) is 4.03. The normalized spacial score (nSPS) is 13.5. The van der Waals surface area contributed by atoms with Gasteiger partial charge in [0.2, 0.25) is 0 Å². The molecule has 0 aliphatic heterocycles. The molecular weight excluding hydrogens is 262 g/mol. The average molecular weight is 281 g/mol. The first kappa shape index (κ1) is 13.8. The van der Waals surface area contributed by atoms with Gasteiger partial charge >= 0.3 is 0 Å². The summed E-state index contributed by atoms with van der Waals surface area (Å²) in [6.45, 7) is 3.54. The summed E-state index contributed by atoms with van der Waals surface area (Å²) in [5.41, 5.74) is 4.11. The minimum absolute atomic E-state index is 0.0758. The summed E-state index contributed by atoms with van der Waals surface area (Å²) in [6, 6.07) is 7.87. The molecule has 0 saturated carbocycles. The average Bonchev–Trinajstić information content (AvgIpc) is 2.92. The van der Waals surface area contributed by atoms with Crippen molar-refractivity contribution in [3.63, 3.8) is 0 Å². The van der Waals surface area contributed by atoms with E-state index in [4.69, 9.17) is 0 Å². The number of hydrogen-bond donors (Lipinski definition) is 1. The standard InChI is InChI=1S/C18H19NO2/c1-18(2,21)13-9-7-12(8-10-13)16-11-19(3)17(20)15-6-4-5-14(15)16/h4-5,7-11,21H,6H2,1-3H3. The Morgan fingerprint density at radius 1 is 1.19 bits per heavy atom. The van der Waals surface area contributed by atoms with E-state index in [1.807, 2.05) is 42.6 Å². The second-order valence-corrected chi connectivity index (χ2v) is 6.09. The van der Waals surface area contributed by atoms with Gasteiger partial charge in [0.05, 0.1) is 5.60 Å². The van der Waals surface area contributed by atoms with E-state index >= 15 is 0 Å². The molecule has 0 bridgehead atoms. The first-order valence-electron chi connectivity index (χ1n) is 7.10. The highest BCUT2D eigenvalue weighted by atomic mass is 16.3. The zero-order chi connectivity index (χ0) is 15.2. The number of rotatable bonds is 2. The summed E-state index contributed by atoms with van der Waals surface area (Å²) in [5, 5.41) is 10.0. The van der Waals surface area contributed by atoms with E-state index < -0.39 is 5.60 Å². The molecule has 0 atom stereocenters. The van der Waals surface area contributed by atoms with E-state index in [1.54, 1.807) is 25.5 Å². The molecule has 1 heterocycles. The Labute approximate surface area is 124 Å². The zero-order valence-corrected chi connectivity index (χ0v) is 12.6. The molecule has 0 unspecified atom stereocenters. The fraction of sp³-hybridized carbons (Fsp3) is 0.278. The van der Waals surface area contributed by atoms with Crippen LogP contribution in [0.3, 0.4) is 0 Å². The van der Waals surface area contributed by atoms with Crippen LogP contribution in [0.25, 0.3) is 17.2 Å². The van der Waals surface area contributed by atoms with Gasteiger partial charge in [-0.15, -0.1) is 0 Å². The maximum atomic E-state index is 12.1. The van der Waals surface area contributed by atoms with Crippen LogP contribution in [0.1, 0.15) is 30.5 Å². The lowest BCUT2D eigenvalue weighted by Gasteiger charge is -2.18. The number of benzene rings is 1. The van der Waals surface area contributed by atoms with Crippen LogP contribution in [-0.2, 0) is 19.1 Å². The Balaban J connectivity index is 2.14. The minimum atomic E-state index is -0.843. The van der Waals surface area contributed by atoms with Crippen molar-refractivity contribution in [1.82, 2.24) is 4.57 Å². The molecule has 1 aliphatic carbocycles. The van der Waals surface area contributed by atoms with Crippen molar-refractivity contribution in [2.24, 2.45) is 7.05 Å². The smallest absolute Gasteiger partial charge is 0.254 e. The van der Waals surface area contributed by atoms with E-state index in [9.17, 15) is 9.90 Å². The highest BCUT2D eigenvalue weighted by Crippen LogP contribution is 2.30. The van der Waals surface area contributed by atoms with E-state index in [0.717, 1.165) is 27.8 Å². The summed E-state index contributed by atoms with van der Waals surface area (Å²) in [6.07, 6.45) is 6.64. The van der Waals surface area contributed by atoms with Gasteiger partial charge in [0, 0.05) is 24.4 Å². The molecule has 0 spiro atoms. The molecule has 2 aromatic rings. The van der Waals surface area contributed by atoms with Gasteiger partial charge in [0.25, 0.3) is 5.56 Å². The van der Waals surface area contributed by atoms with Crippen LogP contribution in [0.4, 0.5) is 0 Å². The Bertz CT molecular complexity index is 775. The van der Waals surface area contributed by atoms with Gasteiger partial charge < -0.3 is 9.67 Å². The lowest BCUT2D eigenvalue weighted by molar-refractivity contribution is 0.0786. The van der Waals surface area contributed by atoms with E-state index in [0.29, 0.717) is 6.42 Å². The van der Waals surface area contributed by atoms with E-state index in [1.165, 1.54) is 0 Å². The molecular formula is C18H19NO2. The van der Waals surface area contributed by atoms with Crippen molar-refractivity contribution in [2.75, 3.05) is 0 Å². The van der Waals surface area contributed by atoms with Gasteiger partial charge in [-0.3, -0.25) is 4.79 Å². The van der Waals surface area contributed by atoms with Crippen molar-refractivity contribution in [3.8, 4) is 11.1 Å². The van der Waals surface area contributed by atoms with Crippen molar-refractivity contribution in [3.05, 3.63) is 63.6 Å². The molecule has 3 nitrogen and oxygen atoms in total. The van der Waals surface area contributed by atoms with Gasteiger partial charge in [-0.1, -0.05) is 36.4 Å². The predicted octanol–water partition coefficient (Wildman–Crippen LogP) is 2.85. The molecule has 3 rings (SSSR count). The Hall–Kier alpha value is -2.13. The molecule has 0 fully saturated rings. The monoisotopic (exact) mass is 281 g/mol. The predicted molar refractivity (Wildman–Crippen MR) is 85.1 cm³/mol. The van der Waals surface area contributed by atoms with Crippen LogP contribution in [0.5, 0.6) is 0 Å². The second-order valence-electron chi connectivity index (χ2n) is 6.09. The Morgan fingerprint density at radius 3 is 2.48 bits per heavy atom. The number of pyridine rings is 1. The number of aryl methyl sites for hydroxylation is 1. The van der Waals surface area contributed by atoms with Crippen LogP contribution in [0.2, 0.25) is 0 Å². The molecule has 0 radical (unpaired) electrons. The van der Waals surface area contributed by atoms with Crippen LogP contribution in [-0.4, -0.2) is 9.67 Å². The van der Waals surface area contributed by atoms with Crippen LogP contribution in [0, 0.1) is 0 Å². The van der Waals surface area contributed by atoms with Gasteiger partial charge in [-0.2, -0.15) is 0 Å². The number of hydrogen-bond acceptors (Lipinski definition) is 2. The van der Waals surface area contributed by atoms with Crippen molar-refractivity contribution < 1.29 is 5.11 Å². The molecule has 0 amide bonds. The number of nitrogens with zero attached hydrogens (tertiary/aromatic N) is 1. The van der Waals surface area contributed by atoms with Crippen LogP contribution >= 0.6 is 0 Å². The molecule has 1 N–H and O–H groups in total. The number of allylic oxidation sites excluding steroid dienone is 1. The fourth-order valence-electron chi connectivity index (χ4n) is 2.78. The van der Waals surface area contributed by atoms with Crippen LogP contribution in [0.15, 0.2) is 41.3 Å². The third-order valence-electron chi connectivity index (χ3n) is 4.03. The van der Waals surface area contributed by atoms with Gasteiger partial charge in [-0.25, -0.2) is 0 Å². The Morgan fingerprint density at radius 2 is 1.86 bits per heavy atom. The van der Waals surface area contributed by atoms with E-state index in [-0.39, 0.29) is 5.56 Å². The number of aliphatic hydroxyl groups is 1. The Kier molecular flexibility index (Phi) is 3.10. The summed E-state index contributed by atoms with van der Waals surface area (Å²) < 4.78 is 1.64. The topological polar surface area (TPSA) is 42.2 Å². The largest absolute Gasteiger partial charge is 0.386 e. The molecule has 1 aliphatic rings. The molecule has 108 valence electrons. The van der Waals surface area contributed by atoms with Gasteiger partial charge in [-0.05, 0) is 37.0 Å². The maximum Gasteiger partial charge on any atom is 0.254 e. The first-order chi connectivity index (χ1) is 9.88. The number of aromatic nitrogens is 1. The van der Waals surface area contributed by atoms with Crippen molar-refractivity contribution in [1.29, 1.82) is 0 Å². The molecule has 21 heavy (non-hydrogen) atoms. The van der Waals surface area contributed by atoms with Gasteiger partial charge in [0.1, 0.15) is 0 Å². The summed E-state index contributed by atoms with van der Waals surface area (Å²) in [4.78, 5) is 12.1. The first-order valence-corrected chi connectivity index (χ1v) is 7.10. The summed E-state index contributed by atoms with van der Waals surface area (Å²) >= 11 is 0. The minimum Gasteiger partial charge on any atom is -0.386 e. The highest BCUT2D eigenvalue weighted by Gasteiger charge is 2.18. The van der Waals surface area contributed by atoms with Gasteiger partial charge in [0.15, 0.2) is 0 Å². The van der Waals surface area contributed by atoms with Crippen molar-refractivity contribution >= 4 is 6.08 Å². The molecule has 1 aromatic carbocycles. The fourth-order valence-corrected chi connectivity index (χ4v) is 2.78. The summed E-state index contributed by atoms with van der Waals surface area (Å²) in [7, 11) is 1.79.